The lowest BCUT2D eigenvalue weighted by molar-refractivity contribution is 0.632. The highest BCUT2D eigenvalue weighted by molar-refractivity contribution is 6.10. The van der Waals surface area contributed by atoms with Gasteiger partial charge in [-0.3, -0.25) is 0 Å². The zero-order chi connectivity index (χ0) is 39.5. The summed E-state index contributed by atoms with van der Waals surface area (Å²) in [6, 6.07) is 80.2. The number of fused-ring (bicyclic) bond motifs is 5. The van der Waals surface area contributed by atoms with Crippen molar-refractivity contribution in [3.05, 3.63) is 230 Å². The maximum Gasteiger partial charge on any atom is 0.0781 e. The van der Waals surface area contributed by atoms with E-state index in [1.165, 1.54) is 77.1 Å². The normalized spacial score (nSPS) is 13.0. The van der Waals surface area contributed by atoms with Gasteiger partial charge in [0.15, 0.2) is 0 Å². The number of para-hydroxylation sites is 1. The molecule has 2 heteroatoms. The van der Waals surface area contributed by atoms with E-state index in [1.54, 1.807) is 0 Å². The Morgan fingerprint density at radius 3 is 1.73 bits per heavy atom. The van der Waals surface area contributed by atoms with Gasteiger partial charge in [0.05, 0.1) is 28.4 Å². The summed E-state index contributed by atoms with van der Waals surface area (Å²) in [5.74, 6) is 0. The number of hydrogen-bond donors (Lipinski definition) is 0. The number of benzene rings is 10. The van der Waals surface area contributed by atoms with Crippen LogP contribution in [0.2, 0.25) is 0 Å². The molecule has 0 aliphatic carbocycles. The van der Waals surface area contributed by atoms with E-state index in [2.05, 4.69) is 242 Å². The fourth-order valence-electron chi connectivity index (χ4n) is 9.41. The van der Waals surface area contributed by atoms with Gasteiger partial charge < -0.3 is 9.80 Å². The minimum atomic E-state index is -0.238. The first kappa shape index (κ1) is 34.8. The molecule has 280 valence electrons. The largest absolute Gasteiger partial charge is 0.308 e. The van der Waals surface area contributed by atoms with Crippen molar-refractivity contribution in [3.8, 4) is 22.3 Å². The lowest BCUT2D eigenvalue weighted by Crippen LogP contribution is -2.31. The summed E-state index contributed by atoms with van der Waals surface area (Å²) < 4.78 is 0. The van der Waals surface area contributed by atoms with Crippen LogP contribution in [0.3, 0.4) is 0 Å². The molecular weight excluding hydrogens is 713 g/mol. The lowest BCUT2D eigenvalue weighted by Gasteiger charge is -2.44. The van der Waals surface area contributed by atoms with Crippen molar-refractivity contribution in [3.63, 3.8) is 0 Å². The maximum absolute atomic E-state index is 2.56. The summed E-state index contributed by atoms with van der Waals surface area (Å²) in [5, 5.41) is 7.27. The average molecular weight is 755 g/mol. The van der Waals surface area contributed by atoms with Crippen LogP contribution in [0.15, 0.2) is 218 Å². The highest BCUT2D eigenvalue weighted by Crippen LogP contribution is 2.57. The molecule has 1 aliphatic heterocycles. The molecule has 59 heavy (non-hydrogen) atoms. The van der Waals surface area contributed by atoms with E-state index in [4.69, 9.17) is 0 Å². The second kappa shape index (κ2) is 13.9. The third kappa shape index (κ3) is 5.79. The Morgan fingerprint density at radius 1 is 0.356 bits per heavy atom. The van der Waals surface area contributed by atoms with Gasteiger partial charge in [0, 0.05) is 21.9 Å². The van der Waals surface area contributed by atoms with Crippen molar-refractivity contribution in [2.24, 2.45) is 0 Å². The van der Waals surface area contributed by atoms with Crippen molar-refractivity contribution in [1.82, 2.24) is 0 Å². The Morgan fingerprint density at radius 2 is 0.915 bits per heavy atom. The molecule has 0 spiro atoms. The van der Waals surface area contributed by atoms with Gasteiger partial charge in [-0.05, 0) is 97.4 Å². The summed E-state index contributed by atoms with van der Waals surface area (Å²) in [4.78, 5) is 5.04. The van der Waals surface area contributed by atoms with Gasteiger partial charge in [0.2, 0.25) is 0 Å². The Hall–Kier alpha value is -7.42. The summed E-state index contributed by atoms with van der Waals surface area (Å²) >= 11 is 0. The van der Waals surface area contributed by atoms with E-state index in [0.29, 0.717) is 0 Å². The maximum atomic E-state index is 2.56. The smallest absolute Gasteiger partial charge is 0.0781 e. The van der Waals surface area contributed by atoms with Gasteiger partial charge in [0.25, 0.3) is 0 Å². The predicted octanol–water partition coefficient (Wildman–Crippen LogP) is 16.1. The quantitative estimate of drug-likeness (QED) is 0.167. The Labute approximate surface area is 345 Å². The second-order valence-corrected chi connectivity index (χ2v) is 16.2. The van der Waals surface area contributed by atoms with E-state index in [0.717, 1.165) is 22.7 Å². The van der Waals surface area contributed by atoms with E-state index >= 15 is 0 Å². The third-order valence-corrected chi connectivity index (χ3v) is 12.4. The van der Waals surface area contributed by atoms with Crippen LogP contribution in [0.25, 0.3) is 54.6 Å². The molecule has 0 aromatic heterocycles. The molecule has 10 aromatic carbocycles. The average Bonchev–Trinajstić information content (AvgIpc) is 3.30. The predicted molar refractivity (Wildman–Crippen MR) is 251 cm³/mol. The van der Waals surface area contributed by atoms with Crippen LogP contribution in [-0.2, 0) is 5.41 Å². The highest BCUT2D eigenvalue weighted by atomic mass is 15.2. The molecule has 0 radical (unpaired) electrons. The van der Waals surface area contributed by atoms with Crippen molar-refractivity contribution in [2.45, 2.75) is 19.3 Å². The van der Waals surface area contributed by atoms with Crippen molar-refractivity contribution in [1.29, 1.82) is 0 Å². The minimum Gasteiger partial charge on any atom is -0.308 e. The molecule has 0 amide bonds. The minimum absolute atomic E-state index is 0.238. The van der Waals surface area contributed by atoms with Crippen LogP contribution in [0.1, 0.15) is 25.0 Å². The van der Waals surface area contributed by atoms with Gasteiger partial charge in [0.1, 0.15) is 0 Å². The summed E-state index contributed by atoms with van der Waals surface area (Å²) in [7, 11) is 0. The fraction of sp³-hybridized carbons (Fsp3) is 0.0526. The molecule has 1 aliphatic rings. The lowest BCUT2D eigenvalue weighted by atomic mass is 9.73. The van der Waals surface area contributed by atoms with Crippen LogP contribution in [0.4, 0.5) is 34.1 Å². The van der Waals surface area contributed by atoms with E-state index in [-0.39, 0.29) is 5.41 Å². The van der Waals surface area contributed by atoms with Gasteiger partial charge in [-0.25, -0.2) is 0 Å². The SMILES string of the molecule is CC1(C)c2ccccc2N(c2c(N(c3ccc(-c4ccccc4)cc3)c3cccc4ccccc34)ccc3ccccc23)c2cc(-c3ccc4ccccc4c3)ccc21. The zero-order valence-corrected chi connectivity index (χ0v) is 33.2. The molecular formula is C57H42N2. The summed E-state index contributed by atoms with van der Waals surface area (Å²) in [6.45, 7) is 4.75. The number of nitrogens with zero attached hydrogens (tertiary/aromatic N) is 2. The second-order valence-electron chi connectivity index (χ2n) is 16.2. The zero-order valence-electron chi connectivity index (χ0n) is 33.2. The Bertz CT molecular complexity index is 3190. The molecule has 2 nitrogen and oxygen atoms in total. The van der Waals surface area contributed by atoms with Crippen molar-refractivity contribution < 1.29 is 0 Å². The van der Waals surface area contributed by atoms with Gasteiger partial charge in [-0.15, -0.1) is 0 Å². The van der Waals surface area contributed by atoms with E-state index in [9.17, 15) is 0 Å². The first-order valence-corrected chi connectivity index (χ1v) is 20.5. The van der Waals surface area contributed by atoms with Gasteiger partial charge >= 0.3 is 0 Å². The van der Waals surface area contributed by atoms with Crippen LogP contribution >= 0.6 is 0 Å². The highest BCUT2D eigenvalue weighted by Gasteiger charge is 2.39. The van der Waals surface area contributed by atoms with Crippen molar-refractivity contribution in [2.75, 3.05) is 9.80 Å². The molecule has 0 atom stereocenters. The number of hydrogen-bond acceptors (Lipinski definition) is 2. The standard InChI is InChI=1S/C57H42N2/c1-57(2)50-24-12-13-25-53(50)59(55-38-46(31-35-51(55)57)45-28-27-40-17-6-7-20-44(40)37-45)56-49-23-11-9-19-43(49)32-36-54(56)58(52-26-14-21-42-18-8-10-22-48(42)52)47-33-29-41(30-34-47)39-15-4-3-5-16-39/h3-38H,1-2H3. The molecule has 0 unspecified atom stereocenters. The van der Waals surface area contributed by atoms with E-state index in [1.807, 2.05) is 0 Å². The molecule has 0 saturated carbocycles. The molecule has 11 rings (SSSR count). The van der Waals surface area contributed by atoms with Crippen LogP contribution in [0.5, 0.6) is 0 Å². The van der Waals surface area contributed by atoms with Gasteiger partial charge in [-0.1, -0.05) is 190 Å². The Balaban J connectivity index is 1.21. The van der Waals surface area contributed by atoms with Crippen molar-refractivity contribution >= 4 is 66.4 Å². The third-order valence-electron chi connectivity index (χ3n) is 12.4. The molecule has 1 heterocycles. The van der Waals surface area contributed by atoms with Crippen LogP contribution in [-0.4, -0.2) is 0 Å². The Kier molecular flexibility index (Phi) is 8.20. The fourth-order valence-corrected chi connectivity index (χ4v) is 9.41. The first-order chi connectivity index (χ1) is 29.0. The molecule has 0 N–H and O–H groups in total. The van der Waals surface area contributed by atoms with Crippen LogP contribution < -0.4 is 9.80 Å². The number of anilines is 6. The summed E-state index contributed by atoms with van der Waals surface area (Å²) in [6.07, 6.45) is 0. The van der Waals surface area contributed by atoms with Crippen LogP contribution in [0, 0.1) is 0 Å². The van der Waals surface area contributed by atoms with E-state index < -0.39 is 0 Å². The molecule has 0 saturated heterocycles. The summed E-state index contributed by atoms with van der Waals surface area (Å²) in [5.41, 5.74) is 14.0. The van der Waals surface area contributed by atoms with Gasteiger partial charge in [-0.2, -0.15) is 0 Å². The topological polar surface area (TPSA) is 6.48 Å². The first-order valence-electron chi connectivity index (χ1n) is 20.5. The molecule has 0 fully saturated rings. The number of rotatable bonds is 6. The monoisotopic (exact) mass is 754 g/mol. The molecule has 10 aromatic rings. The molecule has 0 bridgehead atoms.